The molecule has 0 amide bonds. The maximum absolute atomic E-state index is 13.3. The first kappa shape index (κ1) is 14.3. The van der Waals surface area contributed by atoms with Crippen LogP contribution in [-0.4, -0.2) is 5.11 Å². The van der Waals surface area contributed by atoms with Crippen LogP contribution in [0, 0.1) is 12.7 Å². The molecule has 1 heterocycles. The summed E-state index contributed by atoms with van der Waals surface area (Å²) in [4.78, 5) is 0. The van der Waals surface area contributed by atoms with E-state index in [9.17, 15) is 9.50 Å². The molecular formula is C17H14BrFO2. The standard InChI is InChI=1S/C17H14BrFO2/c1-10-13-9-12(19)6-7-16(13)21-17(10)15(20)8-11-4-2-3-5-14(11)18/h2-7,9,15,20H,8H2,1H3. The van der Waals surface area contributed by atoms with Gasteiger partial charge in [0, 0.05) is 21.8 Å². The Morgan fingerprint density at radius 1 is 1.24 bits per heavy atom. The van der Waals surface area contributed by atoms with E-state index in [-0.39, 0.29) is 5.82 Å². The number of benzene rings is 2. The molecule has 1 unspecified atom stereocenters. The molecule has 1 aromatic heterocycles. The van der Waals surface area contributed by atoms with Crippen molar-refractivity contribution in [1.82, 2.24) is 0 Å². The first-order valence-corrected chi connectivity index (χ1v) is 7.45. The Balaban J connectivity index is 1.96. The molecule has 0 aliphatic carbocycles. The van der Waals surface area contributed by atoms with Crippen molar-refractivity contribution < 1.29 is 13.9 Å². The molecule has 0 fully saturated rings. The van der Waals surface area contributed by atoms with Crippen LogP contribution < -0.4 is 0 Å². The van der Waals surface area contributed by atoms with Crippen LogP contribution in [0.25, 0.3) is 11.0 Å². The maximum atomic E-state index is 13.3. The zero-order valence-electron chi connectivity index (χ0n) is 11.4. The summed E-state index contributed by atoms with van der Waals surface area (Å²) in [6.45, 7) is 1.84. The first-order chi connectivity index (χ1) is 10.1. The third kappa shape index (κ3) is 2.74. The Morgan fingerprint density at radius 3 is 2.76 bits per heavy atom. The fourth-order valence-corrected chi connectivity index (χ4v) is 2.94. The van der Waals surface area contributed by atoms with Gasteiger partial charge in [-0.3, -0.25) is 0 Å². The fourth-order valence-electron chi connectivity index (χ4n) is 2.49. The van der Waals surface area contributed by atoms with Crippen LogP contribution in [0.4, 0.5) is 4.39 Å². The number of fused-ring (bicyclic) bond motifs is 1. The third-order valence-corrected chi connectivity index (χ3v) is 4.38. The van der Waals surface area contributed by atoms with Gasteiger partial charge >= 0.3 is 0 Å². The van der Waals surface area contributed by atoms with Crippen molar-refractivity contribution in [3.8, 4) is 0 Å². The van der Waals surface area contributed by atoms with Crippen molar-refractivity contribution >= 4 is 26.9 Å². The average molecular weight is 349 g/mol. The molecule has 4 heteroatoms. The summed E-state index contributed by atoms with van der Waals surface area (Å²) in [6.07, 6.45) is -0.330. The normalized spacial score (nSPS) is 12.8. The summed E-state index contributed by atoms with van der Waals surface area (Å²) < 4.78 is 20.0. The lowest BCUT2D eigenvalue weighted by molar-refractivity contribution is 0.151. The highest BCUT2D eigenvalue weighted by Crippen LogP contribution is 2.32. The summed E-state index contributed by atoms with van der Waals surface area (Å²) in [5.74, 6) is 0.185. The molecule has 0 bridgehead atoms. The molecular weight excluding hydrogens is 335 g/mol. The molecule has 0 aliphatic heterocycles. The van der Waals surface area contributed by atoms with E-state index < -0.39 is 6.10 Å². The highest BCUT2D eigenvalue weighted by molar-refractivity contribution is 9.10. The van der Waals surface area contributed by atoms with Crippen molar-refractivity contribution in [3.63, 3.8) is 0 Å². The SMILES string of the molecule is Cc1c(C(O)Cc2ccccc2Br)oc2ccc(F)cc12. The summed E-state index contributed by atoms with van der Waals surface area (Å²) in [7, 11) is 0. The molecule has 2 nitrogen and oxygen atoms in total. The van der Waals surface area contributed by atoms with Crippen LogP contribution in [-0.2, 0) is 6.42 Å². The molecule has 1 atom stereocenters. The van der Waals surface area contributed by atoms with Crippen LogP contribution in [0.15, 0.2) is 51.4 Å². The van der Waals surface area contributed by atoms with E-state index in [1.807, 2.05) is 31.2 Å². The Labute approximate surface area is 130 Å². The largest absolute Gasteiger partial charge is 0.458 e. The molecule has 3 rings (SSSR count). The molecule has 0 saturated carbocycles. The minimum atomic E-state index is -0.765. The Hall–Kier alpha value is -1.65. The van der Waals surface area contributed by atoms with E-state index in [1.165, 1.54) is 12.1 Å². The lowest BCUT2D eigenvalue weighted by Crippen LogP contribution is -2.02. The fraction of sp³-hybridized carbons (Fsp3) is 0.176. The number of aliphatic hydroxyl groups is 1. The lowest BCUT2D eigenvalue weighted by Gasteiger charge is -2.10. The van der Waals surface area contributed by atoms with Gasteiger partial charge in [-0.25, -0.2) is 4.39 Å². The highest BCUT2D eigenvalue weighted by Gasteiger charge is 2.19. The van der Waals surface area contributed by atoms with Gasteiger partial charge < -0.3 is 9.52 Å². The van der Waals surface area contributed by atoms with Gasteiger partial charge in [-0.15, -0.1) is 0 Å². The van der Waals surface area contributed by atoms with Crippen molar-refractivity contribution in [2.45, 2.75) is 19.4 Å². The second kappa shape index (κ2) is 5.62. The van der Waals surface area contributed by atoms with Gasteiger partial charge in [0.05, 0.1) is 0 Å². The topological polar surface area (TPSA) is 33.4 Å². The summed E-state index contributed by atoms with van der Waals surface area (Å²) in [5, 5.41) is 11.1. The summed E-state index contributed by atoms with van der Waals surface area (Å²) >= 11 is 3.47. The van der Waals surface area contributed by atoms with E-state index in [0.29, 0.717) is 23.2 Å². The van der Waals surface area contributed by atoms with Crippen molar-refractivity contribution in [2.75, 3.05) is 0 Å². The maximum Gasteiger partial charge on any atom is 0.137 e. The van der Waals surface area contributed by atoms with Crippen LogP contribution in [0.5, 0.6) is 0 Å². The number of aliphatic hydroxyl groups excluding tert-OH is 1. The van der Waals surface area contributed by atoms with Crippen LogP contribution in [0.3, 0.4) is 0 Å². The van der Waals surface area contributed by atoms with E-state index in [4.69, 9.17) is 4.42 Å². The highest BCUT2D eigenvalue weighted by atomic mass is 79.9. The van der Waals surface area contributed by atoms with Gasteiger partial charge in [0.25, 0.3) is 0 Å². The van der Waals surface area contributed by atoms with Crippen LogP contribution in [0.2, 0.25) is 0 Å². The Morgan fingerprint density at radius 2 is 2.00 bits per heavy atom. The van der Waals surface area contributed by atoms with Crippen LogP contribution >= 0.6 is 15.9 Å². The Bertz CT molecular complexity index is 795. The quantitative estimate of drug-likeness (QED) is 0.728. The van der Waals surface area contributed by atoms with Crippen molar-refractivity contribution in [3.05, 3.63) is 69.6 Å². The zero-order chi connectivity index (χ0) is 15.0. The number of rotatable bonds is 3. The van der Waals surface area contributed by atoms with Gasteiger partial charge in [-0.2, -0.15) is 0 Å². The lowest BCUT2D eigenvalue weighted by atomic mass is 10.0. The van der Waals surface area contributed by atoms with E-state index in [0.717, 1.165) is 15.6 Å². The van der Waals surface area contributed by atoms with Gasteiger partial charge in [0.2, 0.25) is 0 Å². The number of furan rings is 1. The molecule has 0 spiro atoms. The van der Waals surface area contributed by atoms with Gasteiger partial charge in [-0.05, 0) is 36.8 Å². The molecule has 21 heavy (non-hydrogen) atoms. The third-order valence-electron chi connectivity index (χ3n) is 3.61. The number of halogens is 2. The number of hydrogen-bond donors (Lipinski definition) is 1. The van der Waals surface area contributed by atoms with Gasteiger partial charge in [0.15, 0.2) is 0 Å². The minimum Gasteiger partial charge on any atom is -0.458 e. The summed E-state index contributed by atoms with van der Waals surface area (Å²) in [6, 6.07) is 12.1. The smallest absolute Gasteiger partial charge is 0.137 e. The molecule has 1 N–H and O–H groups in total. The Kier molecular flexibility index (Phi) is 3.83. The minimum absolute atomic E-state index is 0.307. The number of hydrogen-bond acceptors (Lipinski definition) is 2. The average Bonchev–Trinajstić information content (AvgIpc) is 2.79. The van der Waals surface area contributed by atoms with Crippen molar-refractivity contribution in [2.24, 2.45) is 0 Å². The van der Waals surface area contributed by atoms with E-state index in [1.54, 1.807) is 6.07 Å². The van der Waals surface area contributed by atoms with E-state index >= 15 is 0 Å². The second-order valence-electron chi connectivity index (χ2n) is 5.04. The second-order valence-corrected chi connectivity index (χ2v) is 5.90. The zero-order valence-corrected chi connectivity index (χ0v) is 13.0. The predicted octanol–water partition coefficient (Wildman–Crippen LogP) is 4.92. The monoisotopic (exact) mass is 348 g/mol. The molecule has 3 aromatic rings. The van der Waals surface area contributed by atoms with Gasteiger partial charge in [0.1, 0.15) is 23.3 Å². The molecule has 0 radical (unpaired) electrons. The number of aryl methyl sites for hydroxylation is 1. The van der Waals surface area contributed by atoms with Crippen molar-refractivity contribution in [1.29, 1.82) is 0 Å². The molecule has 0 saturated heterocycles. The van der Waals surface area contributed by atoms with E-state index in [2.05, 4.69) is 15.9 Å². The predicted molar refractivity (Wildman–Crippen MR) is 83.7 cm³/mol. The van der Waals surface area contributed by atoms with Gasteiger partial charge in [-0.1, -0.05) is 34.1 Å². The summed E-state index contributed by atoms with van der Waals surface area (Å²) in [5.41, 5.74) is 2.37. The first-order valence-electron chi connectivity index (χ1n) is 6.66. The molecule has 108 valence electrons. The van der Waals surface area contributed by atoms with Crippen LogP contribution in [0.1, 0.15) is 23.0 Å². The molecule has 2 aromatic carbocycles. The molecule has 0 aliphatic rings.